The van der Waals surface area contributed by atoms with Gasteiger partial charge in [-0.2, -0.15) is 0 Å². The van der Waals surface area contributed by atoms with E-state index in [2.05, 4.69) is 0 Å². The standard InChI is InChI=1S/C7H16NO9P.Na/c9-3-8(14)1-4(10)6(12)7(13)5(11)2-18(15,16)17;/h3-7,10-14H,1-2H2,(H2,15,16,17);/q;+1/p-1/t4-,5?,6-,7+;/m0./s1. The maximum Gasteiger partial charge on any atom is 1.00 e. The Balaban J connectivity index is 0. The number of aliphatic hydroxyl groups is 4. The van der Waals surface area contributed by atoms with Gasteiger partial charge in [-0.1, -0.05) is 0 Å². The molecule has 0 spiro atoms. The van der Waals surface area contributed by atoms with Crippen molar-refractivity contribution >= 4 is 14.0 Å². The van der Waals surface area contributed by atoms with Gasteiger partial charge in [0.2, 0.25) is 6.41 Å². The van der Waals surface area contributed by atoms with Gasteiger partial charge in [0.25, 0.3) is 0 Å². The summed E-state index contributed by atoms with van der Waals surface area (Å²) in [5.74, 6) is 0. The Morgan fingerprint density at radius 2 is 1.58 bits per heavy atom. The molecule has 0 saturated carbocycles. The van der Waals surface area contributed by atoms with Crippen LogP contribution in [0.4, 0.5) is 0 Å². The maximum atomic E-state index is 10.4. The molecule has 12 heteroatoms. The molecule has 0 heterocycles. The summed E-state index contributed by atoms with van der Waals surface area (Å²) in [6.45, 7) is -0.761. The zero-order valence-electron chi connectivity index (χ0n) is 10.1. The van der Waals surface area contributed by atoms with Gasteiger partial charge >= 0.3 is 29.6 Å². The predicted molar refractivity (Wildman–Crippen MR) is 53.3 cm³/mol. The van der Waals surface area contributed by atoms with Gasteiger partial charge in [0.1, 0.15) is 25.9 Å². The smallest absolute Gasteiger partial charge is 0.779 e. The van der Waals surface area contributed by atoms with Crippen LogP contribution in [0, 0.1) is 0 Å². The quantitative estimate of drug-likeness (QED) is 0.0833. The van der Waals surface area contributed by atoms with E-state index in [1.807, 2.05) is 0 Å². The minimum atomic E-state index is -4.85. The molecule has 0 aromatic carbocycles. The average Bonchev–Trinajstić information content (AvgIpc) is 2.24. The zero-order chi connectivity index (χ0) is 14.5. The molecule has 6 N–H and O–H groups in total. The van der Waals surface area contributed by atoms with E-state index in [1.54, 1.807) is 0 Å². The summed E-state index contributed by atoms with van der Waals surface area (Å²) in [5.41, 5.74) is 0. The average molecular weight is 311 g/mol. The van der Waals surface area contributed by atoms with Gasteiger partial charge in [-0.3, -0.25) is 10.0 Å². The Bertz CT molecular complexity index is 313. The molecule has 2 unspecified atom stereocenters. The molecule has 0 saturated heterocycles. The number of hydrogen-bond donors (Lipinski definition) is 6. The molecule has 0 aliphatic carbocycles. The molecule has 19 heavy (non-hydrogen) atoms. The van der Waals surface area contributed by atoms with E-state index >= 15 is 0 Å². The van der Waals surface area contributed by atoms with Crippen LogP contribution in [0.3, 0.4) is 0 Å². The van der Waals surface area contributed by atoms with E-state index in [0.29, 0.717) is 0 Å². The van der Waals surface area contributed by atoms with Gasteiger partial charge in [-0.25, -0.2) is 5.06 Å². The molecule has 0 aromatic heterocycles. The third kappa shape index (κ3) is 9.05. The first kappa shape index (κ1) is 21.7. The van der Waals surface area contributed by atoms with Gasteiger partial charge in [0.15, 0.2) is 0 Å². The largest absolute Gasteiger partial charge is 1.00 e. The van der Waals surface area contributed by atoms with Crippen LogP contribution in [-0.4, -0.2) is 79.1 Å². The number of carbonyl (C=O) groups excluding carboxylic acids is 1. The fourth-order valence-electron chi connectivity index (χ4n) is 1.14. The molecule has 0 bridgehead atoms. The van der Waals surface area contributed by atoms with Crippen molar-refractivity contribution < 1.29 is 74.3 Å². The summed E-state index contributed by atoms with van der Waals surface area (Å²) in [4.78, 5) is 28.9. The molecule has 0 fully saturated rings. The van der Waals surface area contributed by atoms with Gasteiger partial charge in [-0.05, 0) is 0 Å². The van der Waals surface area contributed by atoms with Gasteiger partial charge in [0.05, 0.1) is 12.6 Å². The summed E-state index contributed by atoms with van der Waals surface area (Å²) < 4.78 is 10.4. The van der Waals surface area contributed by atoms with Crippen molar-refractivity contribution in [2.75, 3.05) is 12.7 Å². The fourth-order valence-corrected chi connectivity index (χ4v) is 1.83. The summed E-state index contributed by atoms with van der Waals surface area (Å²) >= 11 is 0. The number of rotatable bonds is 8. The second-order valence-electron chi connectivity index (χ2n) is 3.66. The zero-order valence-corrected chi connectivity index (χ0v) is 13.0. The third-order valence-corrected chi connectivity index (χ3v) is 2.89. The van der Waals surface area contributed by atoms with Crippen molar-refractivity contribution in [3.63, 3.8) is 0 Å². The van der Waals surface area contributed by atoms with Crippen LogP contribution in [0.1, 0.15) is 0 Å². The van der Waals surface area contributed by atoms with E-state index in [9.17, 15) is 29.6 Å². The van der Waals surface area contributed by atoms with Gasteiger partial charge < -0.3 is 34.8 Å². The van der Waals surface area contributed by atoms with Crippen LogP contribution < -0.4 is 34.5 Å². The van der Waals surface area contributed by atoms with Crippen molar-refractivity contribution in [3.8, 4) is 0 Å². The van der Waals surface area contributed by atoms with Crippen molar-refractivity contribution in [3.05, 3.63) is 0 Å². The van der Waals surface area contributed by atoms with E-state index in [0.717, 1.165) is 0 Å². The van der Waals surface area contributed by atoms with Gasteiger partial charge in [-0.15, -0.1) is 0 Å². The number of carbonyl (C=O) groups is 1. The predicted octanol–water partition coefficient (Wildman–Crippen LogP) is -7.17. The molecule has 0 aromatic rings. The molecule has 0 aliphatic heterocycles. The minimum absolute atomic E-state index is 0. The number of nitrogens with zero attached hydrogens (tertiary/aromatic N) is 1. The Morgan fingerprint density at radius 1 is 1.16 bits per heavy atom. The van der Waals surface area contributed by atoms with Crippen LogP contribution in [0.25, 0.3) is 0 Å². The number of aliphatic hydroxyl groups excluding tert-OH is 4. The third-order valence-electron chi connectivity index (χ3n) is 2.05. The van der Waals surface area contributed by atoms with Crippen LogP contribution in [0.15, 0.2) is 0 Å². The minimum Gasteiger partial charge on any atom is -0.779 e. The van der Waals surface area contributed by atoms with Gasteiger partial charge in [0, 0.05) is 6.16 Å². The molecule has 0 rings (SSSR count). The SMILES string of the molecule is O=CN(O)C[C@H](O)[C@H](O)[C@H](O)C(O)CP(=O)([O-])O.[Na+]. The number of hydrogen-bond acceptors (Lipinski definition) is 8. The molecular formula is C7H15NNaO9P. The van der Waals surface area contributed by atoms with Crippen molar-refractivity contribution in [2.45, 2.75) is 24.4 Å². The summed E-state index contributed by atoms with van der Waals surface area (Å²) in [6.07, 6.45) is -9.26. The molecule has 10 nitrogen and oxygen atoms in total. The topological polar surface area (TPSA) is 182 Å². The molecule has 1 amide bonds. The maximum absolute atomic E-state index is 10.4. The molecule has 108 valence electrons. The van der Waals surface area contributed by atoms with Crippen molar-refractivity contribution in [2.24, 2.45) is 0 Å². The monoisotopic (exact) mass is 311 g/mol. The molecule has 0 radical (unpaired) electrons. The first-order chi connectivity index (χ1) is 8.08. The van der Waals surface area contributed by atoms with Crippen LogP contribution in [0.5, 0.6) is 0 Å². The number of amides is 1. The Labute approximate surface area is 130 Å². The normalized spacial score (nSPS) is 20.4. The first-order valence-corrected chi connectivity index (χ1v) is 6.50. The summed E-state index contributed by atoms with van der Waals surface area (Å²) in [7, 11) is -4.85. The number of hydroxylamine groups is 2. The van der Waals surface area contributed by atoms with Crippen molar-refractivity contribution in [1.82, 2.24) is 5.06 Å². The second-order valence-corrected chi connectivity index (χ2v) is 5.30. The van der Waals surface area contributed by atoms with E-state index in [-0.39, 0.29) is 41.0 Å². The Hall–Kier alpha value is 0.420. The van der Waals surface area contributed by atoms with Crippen LogP contribution in [0.2, 0.25) is 0 Å². The second kappa shape index (κ2) is 9.37. The van der Waals surface area contributed by atoms with Crippen molar-refractivity contribution in [1.29, 1.82) is 0 Å². The van der Waals surface area contributed by atoms with E-state index < -0.39 is 44.7 Å². The first-order valence-electron chi connectivity index (χ1n) is 4.74. The van der Waals surface area contributed by atoms with E-state index in [1.165, 1.54) is 0 Å². The Morgan fingerprint density at radius 3 is 1.95 bits per heavy atom. The molecule has 5 atom stereocenters. The summed E-state index contributed by atoms with van der Waals surface area (Å²) in [5, 5.41) is 45.7. The molecular weight excluding hydrogens is 296 g/mol. The molecule has 0 aliphatic rings. The summed E-state index contributed by atoms with van der Waals surface area (Å²) in [6, 6.07) is 0. The van der Waals surface area contributed by atoms with E-state index in [4.69, 9.17) is 15.2 Å². The van der Waals surface area contributed by atoms with Crippen LogP contribution in [-0.2, 0) is 9.36 Å². The Kier molecular flexibility index (Phi) is 10.7. The van der Waals surface area contributed by atoms with Crippen LogP contribution >= 0.6 is 7.60 Å². The fraction of sp³-hybridized carbons (Fsp3) is 0.857.